The predicted molar refractivity (Wildman–Crippen MR) is 66.1 cm³/mol. The van der Waals surface area contributed by atoms with Crippen LogP contribution < -0.4 is 0 Å². The van der Waals surface area contributed by atoms with Crippen LogP contribution in [0.1, 0.15) is 23.6 Å². The normalized spacial score (nSPS) is 9.76. The molecule has 0 saturated carbocycles. The van der Waals surface area contributed by atoms with Crippen LogP contribution in [0.3, 0.4) is 0 Å². The van der Waals surface area contributed by atoms with E-state index < -0.39 is 0 Å². The maximum Gasteiger partial charge on any atom is 0.310 e. The summed E-state index contributed by atoms with van der Waals surface area (Å²) in [5, 5.41) is 9.25. The summed E-state index contributed by atoms with van der Waals surface area (Å²) in [4.78, 5) is 11.3. The molecule has 0 fully saturated rings. The molecule has 0 bridgehead atoms. The van der Waals surface area contributed by atoms with Gasteiger partial charge in [0.25, 0.3) is 0 Å². The van der Waals surface area contributed by atoms with Gasteiger partial charge in [0.2, 0.25) is 0 Å². The Balaban J connectivity index is 3.01. The van der Waals surface area contributed by atoms with Gasteiger partial charge in [-0.15, -0.1) is 11.6 Å². The molecule has 3 nitrogen and oxygen atoms in total. The van der Waals surface area contributed by atoms with Gasteiger partial charge in [-0.1, -0.05) is 17.7 Å². The van der Waals surface area contributed by atoms with Crippen molar-refractivity contribution in [3.05, 3.63) is 33.8 Å². The van der Waals surface area contributed by atoms with E-state index in [1.54, 1.807) is 13.0 Å². The van der Waals surface area contributed by atoms with Crippen LogP contribution in [0.15, 0.2) is 12.1 Å². The SMILES string of the molecule is CCOC(=O)Cc1cc(CCl)c(C#N)cc1Cl. The summed E-state index contributed by atoms with van der Waals surface area (Å²) in [6, 6.07) is 5.20. The van der Waals surface area contributed by atoms with Gasteiger partial charge >= 0.3 is 5.97 Å². The van der Waals surface area contributed by atoms with Crippen LogP contribution in [-0.4, -0.2) is 12.6 Å². The highest BCUT2D eigenvalue weighted by atomic mass is 35.5. The lowest BCUT2D eigenvalue weighted by Gasteiger charge is -2.07. The number of esters is 1. The highest BCUT2D eigenvalue weighted by Crippen LogP contribution is 2.23. The molecule has 90 valence electrons. The number of alkyl halides is 1. The second-order valence-electron chi connectivity index (χ2n) is 3.33. The van der Waals surface area contributed by atoms with Crippen LogP contribution in [0.4, 0.5) is 0 Å². The first kappa shape index (κ1) is 13.8. The monoisotopic (exact) mass is 271 g/mol. The third-order valence-electron chi connectivity index (χ3n) is 2.18. The minimum atomic E-state index is -0.348. The average Bonchev–Trinajstić information content (AvgIpc) is 2.31. The minimum absolute atomic E-state index is 0.0856. The summed E-state index contributed by atoms with van der Waals surface area (Å²) in [7, 11) is 0. The number of carbonyl (C=O) groups excluding carboxylic acids is 1. The number of carbonyl (C=O) groups is 1. The lowest BCUT2D eigenvalue weighted by molar-refractivity contribution is -0.142. The molecule has 0 radical (unpaired) electrons. The Kier molecular flexibility index (Phi) is 5.27. The lowest BCUT2D eigenvalue weighted by Crippen LogP contribution is -2.08. The van der Waals surface area contributed by atoms with Crippen molar-refractivity contribution in [3.63, 3.8) is 0 Å². The zero-order valence-electron chi connectivity index (χ0n) is 9.30. The van der Waals surface area contributed by atoms with Crippen molar-refractivity contribution >= 4 is 29.2 Å². The molecule has 1 aromatic rings. The standard InChI is InChI=1S/C12H11Cl2NO2/c1-2-17-12(16)5-8-3-9(6-13)10(7-15)4-11(8)14/h3-4H,2,5-6H2,1H3. The van der Waals surface area contributed by atoms with Crippen LogP contribution in [0.5, 0.6) is 0 Å². The average molecular weight is 272 g/mol. The predicted octanol–water partition coefficient (Wildman–Crippen LogP) is 3.06. The van der Waals surface area contributed by atoms with Crippen molar-refractivity contribution in [1.82, 2.24) is 0 Å². The summed E-state index contributed by atoms with van der Waals surface area (Å²) < 4.78 is 4.84. The molecule has 0 aliphatic rings. The number of ether oxygens (including phenoxy) is 1. The molecule has 0 amide bonds. The number of nitriles is 1. The van der Waals surface area contributed by atoms with Crippen molar-refractivity contribution in [3.8, 4) is 6.07 Å². The number of benzene rings is 1. The molecule has 0 unspecified atom stereocenters. The maximum absolute atomic E-state index is 11.3. The van der Waals surface area contributed by atoms with Crippen LogP contribution in [0.25, 0.3) is 0 Å². The minimum Gasteiger partial charge on any atom is -0.466 e. The van der Waals surface area contributed by atoms with Gasteiger partial charge in [-0.25, -0.2) is 0 Å². The second kappa shape index (κ2) is 6.48. The van der Waals surface area contributed by atoms with Gasteiger partial charge in [0.05, 0.1) is 24.7 Å². The first-order valence-corrected chi connectivity index (χ1v) is 5.96. The van der Waals surface area contributed by atoms with E-state index >= 15 is 0 Å². The molecule has 0 atom stereocenters. The van der Waals surface area contributed by atoms with Gasteiger partial charge in [0.1, 0.15) is 0 Å². The van der Waals surface area contributed by atoms with E-state index in [-0.39, 0.29) is 18.3 Å². The van der Waals surface area contributed by atoms with E-state index in [0.717, 1.165) is 0 Å². The molecule has 17 heavy (non-hydrogen) atoms. The summed E-state index contributed by atoms with van der Waals surface area (Å²) in [6.07, 6.45) is 0.0856. The van der Waals surface area contributed by atoms with Crippen LogP contribution in [0, 0.1) is 11.3 Å². The molecule has 0 N–H and O–H groups in total. The van der Waals surface area contributed by atoms with Crippen molar-refractivity contribution < 1.29 is 9.53 Å². The topological polar surface area (TPSA) is 50.1 Å². The van der Waals surface area contributed by atoms with E-state index in [2.05, 4.69) is 0 Å². The smallest absolute Gasteiger partial charge is 0.310 e. The third-order valence-corrected chi connectivity index (χ3v) is 2.82. The van der Waals surface area contributed by atoms with E-state index in [0.29, 0.717) is 28.3 Å². The number of halogens is 2. The summed E-state index contributed by atoms with van der Waals surface area (Å²) >= 11 is 11.7. The van der Waals surface area contributed by atoms with E-state index in [1.807, 2.05) is 6.07 Å². The fourth-order valence-corrected chi connectivity index (χ4v) is 1.84. The molecular weight excluding hydrogens is 261 g/mol. The van der Waals surface area contributed by atoms with Crippen LogP contribution in [-0.2, 0) is 21.8 Å². The van der Waals surface area contributed by atoms with E-state index in [1.165, 1.54) is 6.07 Å². The molecule has 1 aromatic carbocycles. The molecule has 0 aliphatic carbocycles. The molecule has 0 saturated heterocycles. The molecule has 0 aromatic heterocycles. The van der Waals surface area contributed by atoms with Crippen molar-refractivity contribution in [2.45, 2.75) is 19.2 Å². The largest absolute Gasteiger partial charge is 0.466 e. The van der Waals surface area contributed by atoms with Gasteiger partial charge in [-0.05, 0) is 24.1 Å². The molecule has 1 rings (SSSR count). The quantitative estimate of drug-likeness (QED) is 0.625. The maximum atomic E-state index is 11.3. The Labute approximate surface area is 110 Å². The summed E-state index contributed by atoms with van der Waals surface area (Å²) in [6.45, 7) is 2.07. The number of nitrogens with zero attached hydrogens (tertiary/aromatic N) is 1. The van der Waals surface area contributed by atoms with Gasteiger partial charge < -0.3 is 4.74 Å². The summed E-state index contributed by atoms with van der Waals surface area (Å²) in [5.41, 5.74) is 1.72. The van der Waals surface area contributed by atoms with Gasteiger partial charge in [0, 0.05) is 10.9 Å². The number of rotatable bonds is 4. The fourth-order valence-electron chi connectivity index (χ4n) is 1.39. The first-order chi connectivity index (χ1) is 8.12. The Morgan fingerprint density at radius 3 is 2.71 bits per heavy atom. The Hall–Kier alpha value is -1.24. The summed E-state index contributed by atoms with van der Waals surface area (Å²) in [5.74, 6) is -0.143. The zero-order chi connectivity index (χ0) is 12.8. The van der Waals surface area contributed by atoms with Crippen LogP contribution in [0.2, 0.25) is 5.02 Å². The fraction of sp³-hybridized carbons (Fsp3) is 0.333. The van der Waals surface area contributed by atoms with Crippen molar-refractivity contribution in [1.29, 1.82) is 5.26 Å². The van der Waals surface area contributed by atoms with Crippen LogP contribution >= 0.6 is 23.2 Å². The van der Waals surface area contributed by atoms with Gasteiger partial charge in [-0.3, -0.25) is 4.79 Å². The second-order valence-corrected chi connectivity index (χ2v) is 4.00. The first-order valence-electron chi connectivity index (χ1n) is 5.05. The number of hydrogen-bond acceptors (Lipinski definition) is 3. The molecule has 0 aliphatic heterocycles. The van der Waals surface area contributed by atoms with Crippen molar-refractivity contribution in [2.24, 2.45) is 0 Å². The van der Waals surface area contributed by atoms with E-state index in [9.17, 15) is 4.79 Å². The lowest BCUT2D eigenvalue weighted by atomic mass is 10.0. The molecule has 0 spiro atoms. The molecule has 0 heterocycles. The Morgan fingerprint density at radius 2 is 2.18 bits per heavy atom. The third kappa shape index (κ3) is 3.62. The Morgan fingerprint density at radius 1 is 1.47 bits per heavy atom. The Bertz CT molecular complexity index is 466. The molecule has 5 heteroatoms. The van der Waals surface area contributed by atoms with Gasteiger partial charge in [-0.2, -0.15) is 5.26 Å². The molecular formula is C12H11Cl2NO2. The van der Waals surface area contributed by atoms with Gasteiger partial charge in [0.15, 0.2) is 0 Å². The highest BCUT2D eigenvalue weighted by molar-refractivity contribution is 6.31. The van der Waals surface area contributed by atoms with Crippen molar-refractivity contribution in [2.75, 3.05) is 6.61 Å². The number of hydrogen-bond donors (Lipinski definition) is 0. The van der Waals surface area contributed by atoms with E-state index in [4.69, 9.17) is 33.2 Å². The zero-order valence-corrected chi connectivity index (χ0v) is 10.8. The highest BCUT2D eigenvalue weighted by Gasteiger charge is 2.12.